The van der Waals surface area contributed by atoms with E-state index in [4.69, 9.17) is 4.74 Å². The van der Waals surface area contributed by atoms with Gasteiger partial charge in [-0.05, 0) is 78.9 Å². The lowest BCUT2D eigenvalue weighted by molar-refractivity contribution is -0.274. The maximum Gasteiger partial charge on any atom is 0.573 e. The molecule has 13 heteroatoms. The van der Waals surface area contributed by atoms with Crippen molar-refractivity contribution in [2.45, 2.75) is 45.5 Å². The number of amidine groups is 1. The van der Waals surface area contributed by atoms with Crippen LogP contribution in [0.1, 0.15) is 44.2 Å². The number of thioether (sulfide) groups is 1. The van der Waals surface area contributed by atoms with E-state index in [0.29, 0.717) is 16.7 Å². The maximum absolute atomic E-state index is 12.9. The van der Waals surface area contributed by atoms with Gasteiger partial charge < -0.3 is 19.7 Å². The molecule has 1 N–H and O–H groups in total. The number of hydrogen-bond acceptors (Lipinski definition) is 6. The highest BCUT2D eigenvalue weighted by molar-refractivity contribution is 8.14. The summed E-state index contributed by atoms with van der Waals surface area (Å²) in [6, 6.07) is 18.4. The highest BCUT2D eigenvalue weighted by atomic mass is 32.2. The molecule has 1 aromatic heterocycles. The summed E-state index contributed by atoms with van der Waals surface area (Å²) in [6.07, 6.45) is 0.995. The average Bonchev–Trinajstić information content (AvgIpc) is 3.51. The van der Waals surface area contributed by atoms with E-state index < -0.39 is 12.4 Å². The summed E-state index contributed by atoms with van der Waals surface area (Å²) in [4.78, 5) is 23.7. The molecule has 240 valence electrons. The van der Waals surface area contributed by atoms with Crippen LogP contribution in [-0.2, 0) is 0 Å². The van der Waals surface area contributed by atoms with Crippen LogP contribution in [0.15, 0.2) is 84.2 Å². The molecule has 0 aliphatic carbocycles. The number of carbonyl (C=O) groups is 1. The van der Waals surface area contributed by atoms with Crippen LogP contribution in [0.5, 0.6) is 11.5 Å². The molecular weight excluding hydrogens is 617 g/mol. The van der Waals surface area contributed by atoms with E-state index in [1.165, 1.54) is 35.3 Å². The van der Waals surface area contributed by atoms with Gasteiger partial charge in [0.05, 0.1) is 12.8 Å². The largest absolute Gasteiger partial charge is 0.573 e. The van der Waals surface area contributed by atoms with Crippen molar-refractivity contribution >= 4 is 34.7 Å². The van der Waals surface area contributed by atoms with Gasteiger partial charge in [0.2, 0.25) is 0 Å². The summed E-state index contributed by atoms with van der Waals surface area (Å²) in [5.41, 5.74) is 4.25. The number of aliphatic imine (C=N–C) groups is 1. The molecule has 46 heavy (non-hydrogen) atoms. The minimum absolute atomic E-state index is 0.173. The van der Waals surface area contributed by atoms with Gasteiger partial charge in [0, 0.05) is 29.2 Å². The Morgan fingerprint density at radius 1 is 1.09 bits per heavy atom. The summed E-state index contributed by atoms with van der Waals surface area (Å²) in [7, 11) is 1.65. The molecule has 0 bridgehead atoms. The van der Waals surface area contributed by atoms with E-state index >= 15 is 0 Å². The van der Waals surface area contributed by atoms with Crippen molar-refractivity contribution in [2.75, 3.05) is 17.8 Å². The third-order valence-electron chi connectivity index (χ3n) is 7.21. The lowest BCUT2D eigenvalue weighted by atomic mass is 9.99. The fourth-order valence-electron chi connectivity index (χ4n) is 4.87. The van der Waals surface area contributed by atoms with E-state index in [1.807, 2.05) is 42.5 Å². The second kappa shape index (κ2) is 14.1. The topological polar surface area (TPSA) is 93.9 Å². The zero-order valence-corrected chi connectivity index (χ0v) is 26.5. The van der Waals surface area contributed by atoms with Crippen LogP contribution in [0.3, 0.4) is 0 Å². The van der Waals surface area contributed by atoms with Gasteiger partial charge in [0.15, 0.2) is 11.0 Å². The number of nitrogens with one attached hydrogen (secondary N) is 1. The van der Waals surface area contributed by atoms with Gasteiger partial charge in [-0.3, -0.25) is 0 Å². The number of nitrogens with zero attached hydrogens (tertiary/aromatic N) is 5. The van der Waals surface area contributed by atoms with Crippen molar-refractivity contribution in [2.24, 2.45) is 4.99 Å². The molecule has 2 heterocycles. The minimum atomic E-state index is -4.76. The van der Waals surface area contributed by atoms with Gasteiger partial charge in [-0.1, -0.05) is 49.9 Å². The first kappa shape index (κ1) is 32.6. The molecular formula is C33H33F3N6O3S. The van der Waals surface area contributed by atoms with Crippen LogP contribution in [0.4, 0.5) is 23.7 Å². The van der Waals surface area contributed by atoms with E-state index in [2.05, 4.69) is 50.8 Å². The number of ether oxygens (including phenoxy) is 2. The summed E-state index contributed by atoms with van der Waals surface area (Å²) < 4.78 is 48.1. The molecule has 1 aliphatic heterocycles. The van der Waals surface area contributed by atoms with E-state index in [0.717, 1.165) is 40.3 Å². The number of hydrogen-bond donors (Lipinski definition) is 1. The molecule has 4 aromatic rings. The normalized spacial score (nSPS) is 16.3. The highest BCUT2D eigenvalue weighted by Crippen LogP contribution is 2.37. The predicted molar refractivity (Wildman–Crippen MR) is 175 cm³/mol. The van der Waals surface area contributed by atoms with Crippen LogP contribution >= 0.6 is 11.8 Å². The number of alkyl halides is 3. The number of anilines is 1. The second-order valence-corrected chi connectivity index (χ2v) is 11.9. The molecule has 9 nitrogen and oxygen atoms in total. The minimum Gasteiger partial charge on any atom is -0.497 e. The molecule has 2 amide bonds. The summed E-state index contributed by atoms with van der Waals surface area (Å²) in [6.45, 7) is 6.40. The predicted octanol–water partition coefficient (Wildman–Crippen LogP) is 8.03. The van der Waals surface area contributed by atoms with Crippen LogP contribution in [0, 0.1) is 0 Å². The second-order valence-electron chi connectivity index (χ2n) is 10.8. The van der Waals surface area contributed by atoms with Gasteiger partial charge in [-0.15, -0.1) is 18.3 Å². The number of benzene rings is 3. The number of carbonyl (C=O) groups excluding carboxylic acids is 1. The summed E-state index contributed by atoms with van der Waals surface area (Å²) in [5.74, 6) is 2.04. The molecule has 1 unspecified atom stereocenters. The number of amides is 2. The molecule has 0 saturated carbocycles. The molecule has 1 aliphatic rings. The Morgan fingerprint density at radius 3 is 2.48 bits per heavy atom. The van der Waals surface area contributed by atoms with Crippen molar-refractivity contribution in [3.8, 4) is 28.6 Å². The SMILES string of the molecule is COc1ccc(N2/C(=N/C(=O)N/C=C/c3ccc(-c4ncn(-c5ccc(OC(F)(F)F)cc5)n4)cc3)SCCC2C)c(C(C)C)c1. The zero-order valence-electron chi connectivity index (χ0n) is 25.7. The lowest BCUT2D eigenvalue weighted by Crippen LogP contribution is -2.42. The van der Waals surface area contributed by atoms with Gasteiger partial charge in [0.1, 0.15) is 17.8 Å². The fraction of sp³-hybridized carbons (Fsp3) is 0.273. The Hall–Kier alpha value is -4.78. The molecule has 0 radical (unpaired) electrons. The zero-order chi connectivity index (χ0) is 32.8. The van der Waals surface area contributed by atoms with Crippen LogP contribution in [0.2, 0.25) is 0 Å². The molecule has 0 spiro atoms. The smallest absolute Gasteiger partial charge is 0.497 e. The number of urea groups is 1. The maximum atomic E-state index is 12.9. The monoisotopic (exact) mass is 650 g/mol. The number of halogens is 3. The van der Waals surface area contributed by atoms with Crippen molar-refractivity contribution in [3.63, 3.8) is 0 Å². The van der Waals surface area contributed by atoms with E-state index in [1.54, 1.807) is 31.1 Å². The van der Waals surface area contributed by atoms with Crippen LogP contribution in [0.25, 0.3) is 23.2 Å². The Labute approximate surface area is 269 Å². The van der Waals surface area contributed by atoms with Crippen molar-refractivity contribution in [1.82, 2.24) is 20.1 Å². The highest BCUT2D eigenvalue weighted by Gasteiger charge is 2.31. The Balaban J connectivity index is 1.23. The standard InChI is InChI=1S/C33H33F3N6O3S/c1-21(2)28-19-27(44-4)13-14-29(28)42-22(3)16-18-46-32(42)39-31(43)37-17-15-23-5-7-24(8-6-23)30-38-20-41(40-30)25-9-11-26(12-10-25)45-33(34,35)36/h5-15,17,19-22H,16,18H2,1-4H3,(H,37,43)/b17-15+,39-32-. The van der Waals surface area contributed by atoms with E-state index in [-0.39, 0.29) is 17.7 Å². The van der Waals surface area contributed by atoms with Crippen molar-refractivity contribution < 1.29 is 27.4 Å². The molecule has 3 aromatic carbocycles. The fourth-order valence-corrected chi connectivity index (χ4v) is 6.07. The first-order chi connectivity index (χ1) is 22.0. The summed E-state index contributed by atoms with van der Waals surface area (Å²) >= 11 is 1.56. The molecule has 1 atom stereocenters. The van der Waals surface area contributed by atoms with Crippen LogP contribution < -0.4 is 19.7 Å². The average molecular weight is 651 g/mol. The third-order valence-corrected chi connectivity index (χ3v) is 8.19. The third kappa shape index (κ3) is 8.08. The molecule has 1 saturated heterocycles. The Kier molecular flexibility index (Phi) is 10.0. The first-order valence-corrected chi connectivity index (χ1v) is 15.5. The quantitative estimate of drug-likeness (QED) is 0.206. The number of methoxy groups -OCH3 is 1. The van der Waals surface area contributed by atoms with Gasteiger partial charge in [-0.25, -0.2) is 14.5 Å². The van der Waals surface area contributed by atoms with Gasteiger partial charge >= 0.3 is 12.4 Å². The Morgan fingerprint density at radius 2 is 1.80 bits per heavy atom. The summed E-state index contributed by atoms with van der Waals surface area (Å²) in [5, 5.41) is 7.81. The Bertz CT molecular complexity index is 1720. The van der Waals surface area contributed by atoms with Crippen LogP contribution in [-0.4, -0.2) is 51.2 Å². The number of rotatable bonds is 8. The molecule has 5 rings (SSSR count). The first-order valence-electron chi connectivity index (χ1n) is 14.5. The lowest BCUT2D eigenvalue weighted by Gasteiger charge is -2.37. The number of aromatic nitrogens is 3. The van der Waals surface area contributed by atoms with Crippen molar-refractivity contribution in [1.29, 1.82) is 0 Å². The van der Waals surface area contributed by atoms with Gasteiger partial charge in [0.25, 0.3) is 0 Å². The van der Waals surface area contributed by atoms with E-state index in [9.17, 15) is 18.0 Å². The van der Waals surface area contributed by atoms with Gasteiger partial charge in [-0.2, -0.15) is 4.99 Å². The van der Waals surface area contributed by atoms with Crippen molar-refractivity contribution in [3.05, 3.63) is 90.4 Å². The molecule has 1 fully saturated rings.